The first-order valence-corrected chi connectivity index (χ1v) is 6.01. The minimum Gasteiger partial charge on any atom is -0.237 e. The maximum Gasteiger partial charge on any atom is 0.159 e. The second-order valence-electron chi connectivity index (χ2n) is 4.21. The molecule has 0 saturated heterocycles. The van der Waals surface area contributed by atoms with E-state index in [4.69, 9.17) is 0 Å². The molecule has 0 amide bonds. The van der Waals surface area contributed by atoms with E-state index in [1.54, 1.807) is 18.5 Å². The van der Waals surface area contributed by atoms with Crippen molar-refractivity contribution in [3.05, 3.63) is 60.6 Å². The van der Waals surface area contributed by atoms with E-state index >= 15 is 0 Å². The lowest BCUT2D eigenvalue weighted by Gasteiger charge is -2.02. The maximum absolute atomic E-state index is 4.22. The highest BCUT2D eigenvalue weighted by Crippen LogP contribution is 2.20. The van der Waals surface area contributed by atoms with E-state index in [2.05, 4.69) is 20.2 Å². The molecule has 2 heterocycles. The van der Waals surface area contributed by atoms with Gasteiger partial charge in [-0.2, -0.15) is 10.2 Å². The molecule has 0 aliphatic carbocycles. The molecule has 0 aliphatic rings. The highest BCUT2D eigenvalue weighted by molar-refractivity contribution is 5.64. The summed E-state index contributed by atoms with van der Waals surface area (Å²) in [5.74, 6) is 0.726. The summed E-state index contributed by atoms with van der Waals surface area (Å²) < 4.78 is 0. The molecule has 0 saturated carbocycles. The molecule has 3 rings (SSSR count). The van der Waals surface area contributed by atoms with Gasteiger partial charge in [0.15, 0.2) is 5.82 Å². The van der Waals surface area contributed by atoms with Crippen molar-refractivity contribution >= 4 is 0 Å². The molecule has 4 nitrogen and oxygen atoms in total. The summed E-state index contributed by atoms with van der Waals surface area (Å²) in [6.45, 7) is 1.92. The van der Waals surface area contributed by atoms with Crippen LogP contribution in [0.3, 0.4) is 0 Å². The first-order valence-electron chi connectivity index (χ1n) is 6.01. The van der Waals surface area contributed by atoms with Crippen LogP contribution in [0.1, 0.15) is 5.69 Å². The van der Waals surface area contributed by atoms with Gasteiger partial charge in [0.1, 0.15) is 0 Å². The van der Waals surface area contributed by atoms with E-state index < -0.39 is 0 Å². The average molecular weight is 248 g/mol. The Labute approximate surface area is 111 Å². The van der Waals surface area contributed by atoms with Gasteiger partial charge in [-0.15, -0.1) is 0 Å². The summed E-state index contributed by atoms with van der Waals surface area (Å²) in [4.78, 5) is 8.45. The van der Waals surface area contributed by atoms with E-state index in [0.29, 0.717) is 0 Å². The maximum atomic E-state index is 4.22. The number of benzene rings is 1. The van der Waals surface area contributed by atoms with Gasteiger partial charge in [-0.05, 0) is 25.1 Å². The number of nitrogens with zero attached hydrogens (tertiary/aromatic N) is 4. The number of aromatic nitrogens is 4. The third-order valence-electron chi connectivity index (χ3n) is 2.80. The van der Waals surface area contributed by atoms with Crippen molar-refractivity contribution in [3.8, 4) is 22.6 Å². The monoisotopic (exact) mass is 248 g/mol. The number of hydrogen-bond acceptors (Lipinski definition) is 4. The second-order valence-corrected chi connectivity index (χ2v) is 4.21. The van der Waals surface area contributed by atoms with Crippen molar-refractivity contribution in [1.29, 1.82) is 0 Å². The molecule has 92 valence electrons. The molecule has 19 heavy (non-hydrogen) atoms. The van der Waals surface area contributed by atoms with Crippen molar-refractivity contribution in [1.82, 2.24) is 20.2 Å². The summed E-state index contributed by atoms with van der Waals surface area (Å²) >= 11 is 0. The molecule has 0 spiro atoms. The Morgan fingerprint density at radius 1 is 0.737 bits per heavy atom. The lowest BCUT2D eigenvalue weighted by atomic mass is 10.1. The smallest absolute Gasteiger partial charge is 0.159 e. The largest absolute Gasteiger partial charge is 0.237 e. The first kappa shape index (κ1) is 11.5. The normalized spacial score (nSPS) is 10.4. The summed E-state index contributed by atoms with van der Waals surface area (Å²) in [5, 5.41) is 8.23. The van der Waals surface area contributed by atoms with Gasteiger partial charge in [0.05, 0.1) is 11.4 Å². The average Bonchev–Trinajstić information content (AvgIpc) is 2.49. The van der Waals surface area contributed by atoms with Crippen molar-refractivity contribution in [3.63, 3.8) is 0 Å². The molecule has 1 aromatic carbocycles. The Morgan fingerprint density at radius 3 is 2.05 bits per heavy atom. The Kier molecular flexibility index (Phi) is 2.98. The van der Waals surface area contributed by atoms with Crippen molar-refractivity contribution in [2.45, 2.75) is 6.92 Å². The SMILES string of the molecule is Cc1ccc(-c2ccc(-c3ncccn3)cc2)nn1. The minimum absolute atomic E-state index is 0.726. The highest BCUT2D eigenvalue weighted by atomic mass is 15.1. The van der Waals surface area contributed by atoms with Gasteiger partial charge in [-0.3, -0.25) is 0 Å². The van der Waals surface area contributed by atoms with Crippen LogP contribution in [0.5, 0.6) is 0 Å². The van der Waals surface area contributed by atoms with E-state index in [1.165, 1.54) is 0 Å². The Bertz CT molecular complexity index is 661. The predicted octanol–water partition coefficient (Wildman–Crippen LogP) is 2.91. The Hall–Kier alpha value is -2.62. The summed E-state index contributed by atoms with van der Waals surface area (Å²) in [6, 6.07) is 13.7. The fourth-order valence-electron chi connectivity index (χ4n) is 1.79. The van der Waals surface area contributed by atoms with Crippen LogP contribution in [0.2, 0.25) is 0 Å². The third-order valence-corrected chi connectivity index (χ3v) is 2.80. The zero-order valence-corrected chi connectivity index (χ0v) is 10.5. The molecule has 0 fully saturated rings. The minimum atomic E-state index is 0.726. The Morgan fingerprint density at radius 2 is 1.42 bits per heavy atom. The van der Waals surface area contributed by atoms with Crippen LogP contribution in [0.15, 0.2) is 54.9 Å². The van der Waals surface area contributed by atoms with Gasteiger partial charge >= 0.3 is 0 Å². The van der Waals surface area contributed by atoms with Crippen LogP contribution in [0.4, 0.5) is 0 Å². The highest BCUT2D eigenvalue weighted by Gasteiger charge is 2.02. The fourth-order valence-corrected chi connectivity index (χ4v) is 1.79. The molecule has 0 aliphatic heterocycles. The van der Waals surface area contributed by atoms with Gasteiger partial charge in [0, 0.05) is 23.5 Å². The molecule has 0 N–H and O–H groups in total. The standard InChI is InChI=1S/C15H12N4/c1-11-3-8-14(19-18-11)12-4-6-13(7-5-12)15-16-9-2-10-17-15/h2-10H,1H3. The van der Waals surface area contributed by atoms with Gasteiger partial charge < -0.3 is 0 Å². The molecular formula is C15H12N4. The van der Waals surface area contributed by atoms with Crippen LogP contribution < -0.4 is 0 Å². The van der Waals surface area contributed by atoms with Gasteiger partial charge in [0.25, 0.3) is 0 Å². The lowest BCUT2D eigenvalue weighted by Crippen LogP contribution is -1.90. The Balaban J connectivity index is 1.93. The van der Waals surface area contributed by atoms with Crippen LogP contribution in [0.25, 0.3) is 22.6 Å². The molecule has 2 aromatic heterocycles. The molecule has 0 radical (unpaired) electrons. The van der Waals surface area contributed by atoms with Crippen LogP contribution in [-0.4, -0.2) is 20.2 Å². The quantitative estimate of drug-likeness (QED) is 0.699. The van der Waals surface area contributed by atoms with Crippen LogP contribution >= 0.6 is 0 Å². The predicted molar refractivity (Wildman–Crippen MR) is 73.2 cm³/mol. The molecule has 4 heteroatoms. The second kappa shape index (κ2) is 4.94. The zero-order valence-electron chi connectivity index (χ0n) is 10.5. The summed E-state index contributed by atoms with van der Waals surface area (Å²) in [5.41, 5.74) is 3.81. The van der Waals surface area contributed by atoms with Gasteiger partial charge in [0.2, 0.25) is 0 Å². The van der Waals surface area contributed by atoms with Crippen molar-refractivity contribution in [2.75, 3.05) is 0 Å². The lowest BCUT2D eigenvalue weighted by molar-refractivity contribution is 0.987. The van der Waals surface area contributed by atoms with Crippen molar-refractivity contribution < 1.29 is 0 Å². The van der Waals surface area contributed by atoms with E-state index in [1.807, 2.05) is 43.3 Å². The van der Waals surface area contributed by atoms with Crippen LogP contribution in [-0.2, 0) is 0 Å². The zero-order chi connectivity index (χ0) is 13.1. The van der Waals surface area contributed by atoms with Crippen molar-refractivity contribution in [2.24, 2.45) is 0 Å². The molecule has 0 unspecified atom stereocenters. The van der Waals surface area contributed by atoms with Crippen LogP contribution in [0, 0.1) is 6.92 Å². The number of rotatable bonds is 2. The third kappa shape index (κ3) is 2.47. The summed E-state index contributed by atoms with van der Waals surface area (Å²) in [6.07, 6.45) is 3.48. The molecular weight excluding hydrogens is 236 g/mol. The molecule has 0 bridgehead atoms. The number of hydrogen-bond donors (Lipinski definition) is 0. The fraction of sp³-hybridized carbons (Fsp3) is 0.0667. The summed E-state index contributed by atoms with van der Waals surface area (Å²) in [7, 11) is 0. The van der Waals surface area contributed by atoms with E-state index in [0.717, 1.165) is 28.3 Å². The van der Waals surface area contributed by atoms with Gasteiger partial charge in [-0.1, -0.05) is 24.3 Å². The topological polar surface area (TPSA) is 51.6 Å². The van der Waals surface area contributed by atoms with E-state index in [-0.39, 0.29) is 0 Å². The molecule has 3 aromatic rings. The first-order chi connectivity index (χ1) is 9.33. The molecule has 0 atom stereocenters. The van der Waals surface area contributed by atoms with Gasteiger partial charge in [-0.25, -0.2) is 9.97 Å². The number of aryl methyl sites for hydroxylation is 1. The van der Waals surface area contributed by atoms with E-state index in [9.17, 15) is 0 Å².